The van der Waals surface area contributed by atoms with Crippen molar-refractivity contribution in [1.29, 1.82) is 0 Å². The highest BCUT2D eigenvalue weighted by Gasteiger charge is 2.12. The van der Waals surface area contributed by atoms with Gasteiger partial charge in [0.25, 0.3) is 0 Å². The predicted molar refractivity (Wildman–Crippen MR) is 109 cm³/mol. The summed E-state index contributed by atoms with van der Waals surface area (Å²) in [6.45, 7) is 0. The molecule has 0 unspecified atom stereocenters. The Hall–Kier alpha value is -3.37. The van der Waals surface area contributed by atoms with Crippen LogP contribution in [-0.4, -0.2) is 18.9 Å². The van der Waals surface area contributed by atoms with E-state index in [1.165, 1.54) is 6.08 Å². The van der Waals surface area contributed by atoms with Gasteiger partial charge in [0.15, 0.2) is 5.78 Å². The molecule has 0 N–H and O–H groups in total. The van der Waals surface area contributed by atoms with E-state index in [2.05, 4.69) is 0 Å². The third kappa shape index (κ3) is 4.87. The summed E-state index contributed by atoms with van der Waals surface area (Å²) in [5, 5.41) is 0.322. The van der Waals surface area contributed by atoms with Gasteiger partial charge in [-0.1, -0.05) is 41.9 Å². The Labute approximate surface area is 168 Å². The Kier molecular flexibility index (Phi) is 6.25. The molecule has 0 aliphatic heterocycles. The van der Waals surface area contributed by atoms with E-state index in [0.717, 1.165) is 11.3 Å². The first-order valence-electron chi connectivity index (χ1n) is 8.50. The van der Waals surface area contributed by atoms with E-state index < -0.39 is 5.97 Å². The normalized spacial score (nSPS) is 10.6. The first-order valence-corrected chi connectivity index (χ1v) is 8.88. The molecule has 140 valence electrons. The molecule has 0 saturated carbocycles. The fraction of sp³-hybridized carbons (Fsp3) is 0.0435. The summed E-state index contributed by atoms with van der Waals surface area (Å²) in [6, 6.07) is 20.4. The van der Waals surface area contributed by atoms with Gasteiger partial charge in [-0.2, -0.15) is 0 Å². The maximum Gasteiger partial charge on any atom is 0.345 e. The molecule has 0 radical (unpaired) electrons. The number of hydrogen-bond donors (Lipinski definition) is 0. The summed E-state index contributed by atoms with van der Waals surface area (Å²) in [7, 11) is 1.60. The number of allylic oxidation sites excluding steroid dienone is 1. The topological polar surface area (TPSA) is 52.6 Å². The van der Waals surface area contributed by atoms with Crippen molar-refractivity contribution in [3.63, 3.8) is 0 Å². The third-order valence-corrected chi connectivity index (χ3v) is 4.32. The van der Waals surface area contributed by atoms with Gasteiger partial charge in [0, 0.05) is 5.56 Å². The minimum atomic E-state index is -0.552. The molecule has 28 heavy (non-hydrogen) atoms. The molecule has 4 nitrogen and oxygen atoms in total. The van der Waals surface area contributed by atoms with E-state index in [0.29, 0.717) is 16.3 Å². The highest BCUT2D eigenvalue weighted by molar-refractivity contribution is 6.33. The van der Waals surface area contributed by atoms with Crippen LogP contribution in [0.4, 0.5) is 0 Å². The number of ether oxygens (including phenoxy) is 2. The summed E-state index contributed by atoms with van der Waals surface area (Å²) in [4.78, 5) is 24.5. The summed E-state index contributed by atoms with van der Waals surface area (Å²) in [6.07, 6.45) is 3.22. The minimum Gasteiger partial charge on any atom is -0.497 e. The number of ketones is 1. The lowest BCUT2D eigenvalue weighted by Gasteiger charge is -2.06. The van der Waals surface area contributed by atoms with Gasteiger partial charge in [-0.15, -0.1) is 0 Å². The molecule has 0 aliphatic carbocycles. The van der Waals surface area contributed by atoms with Gasteiger partial charge in [0.2, 0.25) is 0 Å². The number of halogens is 1. The van der Waals surface area contributed by atoms with E-state index >= 15 is 0 Å². The molecule has 5 heteroatoms. The lowest BCUT2D eigenvalue weighted by Crippen LogP contribution is -2.09. The Morgan fingerprint density at radius 3 is 2.14 bits per heavy atom. The molecule has 0 fully saturated rings. The standard InChI is InChI=1S/C23H17ClO4/c1-27-18-11-6-16(7-12-18)8-15-22(25)17-9-13-19(14-10-17)28-23(26)20-4-2-3-5-21(20)24/h2-15H,1H3. The number of esters is 1. The smallest absolute Gasteiger partial charge is 0.345 e. The van der Waals surface area contributed by atoms with Gasteiger partial charge in [-0.05, 0) is 60.2 Å². The van der Waals surface area contributed by atoms with Crippen LogP contribution in [0.25, 0.3) is 6.08 Å². The highest BCUT2D eigenvalue weighted by atomic mass is 35.5. The summed E-state index contributed by atoms with van der Waals surface area (Å²) < 4.78 is 10.4. The van der Waals surface area contributed by atoms with Crippen molar-refractivity contribution in [2.24, 2.45) is 0 Å². The average Bonchev–Trinajstić information content (AvgIpc) is 2.73. The van der Waals surface area contributed by atoms with Gasteiger partial charge in [-0.3, -0.25) is 4.79 Å². The molecule has 0 spiro atoms. The molecule has 0 aromatic heterocycles. The number of hydrogen-bond acceptors (Lipinski definition) is 4. The number of carbonyl (C=O) groups excluding carboxylic acids is 2. The fourth-order valence-corrected chi connectivity index (χ4v) is 2.67. The molecular weight excluding hydrogens is 376 g/mol. The van der Waals surface area contributed by atoms with Crippen molar-refractivity contribution in [3.8, 4) is 11.5 Å². The number of carbonyl (C=O) groups is 2. The predicted octanol–water partition coefficient (Wildman–Crippen LogP) is 5.46. The van der Waals surface area contributed by atoms with Crippen LogP contribution < -0.4 is 9.47 Å². The van der Waals surface area contributed by atoms with E-state index in [4.69, 9.17) is 21.1 Å². The van der Waals surface area contributed by atoms with E-state index in [9.17, 15) is 9.59 Å². The van der Waals surface area contributed by atoms with Crippen molar-refractivity contribution in [3.05, 3.63) is 101 Å². The lowest BCUT2D eigenvalue weighted by molar-refractivity contribution is 0.0735. The van der Waals surface area contributed by atoms with Crippen LogP contribution in [0.2, 0.25) is 5.02 Å². The van der Waals surface area contributed by atoms with Crippen LogP contribution in [0.15, 0.2) is 78.9 Å². The largest absolute Gasteiger partial charge is 0.497 e. The zero-order valence-corrected chi connectivity index (χ0v) is 15.8. The average molecular weight is 393 g/mol. The minimum absolute atomic E-state index is 0.153. The molecule has 0 heterocycles. The van der Waals surface area contributed by atoms with Crippen molar-refractivity contribution in [2.45, 2.75) is 0 Å². The molecule has 3 aromatic rings. The van der Waals surface area contributed by atoms with Crippen LogP contribution in [0.3, 0.4) is 0 Å². The summed E-state index contributed by atoms with van der Waals surface area (Å²) in [5.41, 5.74) is 1.66. The van der Waals surface area contributed by atoms with Gasteiger partial charge < -0.3 is 9.47 Å². The SMILES string of the molecule is COc1ccc(C=CC(=O)c2ccc(OC(=O)c3ccccc3Cl)cc2)cc1. The molecule has 3 rings (SSSR count). The van der Waals surface area contributed by atoms with E-state index in [1.54, 1.807) is 61.7 Å². The van der Waals surface area contributed by atoms with Crippen LogP contribution in [0, 0.1) is 0 Å². The van der Waals surface area contributed by atoms with Gasteiger partial charge in [-0.25, -0.2) is 4.79 Å². The Morgan fingerprint density at radius 2 is 1.50 bits per heavy atom. The fourth-order valence-electron chi connectivity index (χ4n) is 2.46. The van der Waals surface area contributed by atoms with Crippen molar-refractivity contribution >= 4 is 29.4 Å². The van der Waals surface area contributed by atoms with Crippen LogP contribution in [0.5, 0.6) is 11.5 Å². The van der Waals surface area contributed by atoms with E-state index in [-0.39, 0.29) is 11.3 Å². The molecule has 3 aromatic carbocycles. The Balaban J connectivity index is 1.64. The second kappa shape index (κ2) is 9.02. The molecule has 0 bridgehead atoms. The Morgan fingerprint density at radius 1 is 0.857 bits per heavy atom. The molecule has 0 amide bonds. The zero-order chi connectivity index (χ0) is 19.9. The van der Waals surface area contributed by atoms with Crippen molar-refractivity contribution < 1.29 is 19.1 Å². The van der Waals surface area contributed by atoms with E-state index in [1.807, 2.05) is 24.3 Å². The van der Waals surface area contributed by atoms with Crippen molar-refractivity contribution in [2.75, 3.05) is 7.11 Å². The first kappa shape index (κ1) is 19.4. The lowest BCUT2D eigenvalue weighted by atomic mass is 10.1. The van der Waals surface area contributed by atoms with Crippen molar-refractivity contribution in [1.82, 2.24) is 0 Å². The van der Waals surface area contributed by atoms with Crippen LogP contribution in [0.1, 0.15) is 26.3 Å². The number of methoxy groups -OCH3 is 1. The van der Waals surface area contributed by atoms with Gasteiger partial charge in [0.05, 0.1) is 17.7 Å². The maximum absolute atomic E-state index is 12.3. The first-order chi connectivity index (χ1) is 13.6. The number of benzene rings is 3. The molecule has 0 saturated heterocycles. The zero-order valence-electron chi connectivity index (χ0n) is 15.1. The van der Waals surface area contributed by atoms with Gasteiger partial charge >= 0.3 is 5.97 Å². The number of rotatable bonds is 6. The molecular formula is C23H17ClO4. The Bertz CT molecular complexity index is 1010. The molecule has 0 atom stereocenters. The third-order valence-electron chi connectivity index (χ3n) is 3.99. The molecule has 0 aliphatic rings. The van der Waals surface area contributed by atoms with Gasteiger partial charge in [0.1, 0.15) is 11.5 Å². The summed E-state index contributed by atoms with van der Waals surface area (Å²) in [5.74, 6) is 0.384. The second-order valence-corrected chi connectivity index (χ2v) is 6.27. The van der Waals surface area contributed by atoms with Crippen LogP contribution in [-0.2, 0) is 0 Å². The highest BCUT2D eigenvalue weighted by Crippen LogP contribution is 2.19. The quantitative estimate of drug-likeness (QED) is 0.242. The maximum atomic E-state index is 12.3. The second-order valence-electron chi connectivity index (χ2n) is 5.86. The van der Waals surface area contributed by atoms with Crippen LogP contribution >= 0.6 is 11.6 Å². The monoisotopic (exact) mass is 392 g/mol. The summed E-state index contributed by atoms with van der Waals surface area (Å²) >= 11 is 5.99.